The van der Waals surface area contributed by atoms with Crippen molar-refractivity contribution in [2.24, 2.45) is 0 Å². The van der Waals surface area contributed by atoms with Gasteiger partial charge in [-0.1, -0.05) is 5.16 Å². The number of nitrogens with zero attached hydrogens (tertiary/aromatic N) is 2. The van der Waals surface area contributed by atoms with Crippen LogP contribution in [0.5, 0.6) is 0 Å². The van der Waals surface area contributed by atoms with Gasteiger partial charge in [-0.25, -0.2) is 0 Å². The number of hydrogen-bond donors (Lipinski definition) is 2. The van der Waals surface area contributed by atoms with Crippen molar-refractivity contribution in [3.63, 3.8) is 0 Å². The van der Waals surface area contributed by atoms with E-state index >= 15 is 0 Å². The highest BCUT2D eigenvalue weighted by atomic mass is 32.1. The number of aromatic nitrogens is 1. The monoisotopic (exact) mass is 308 g/mol. The van der Waals surface area contributed by atoms with Crippen molar-refractivity contribution in [3.05, 3.63) is 34.7 Å². The molecule has 0 aliphatic rings. The van der Waals surface area contributed by atoms with E-state index in [2.05, 4.69) is 20.3 Å². The van der Waals surface area contributed by atoms with Gasteiger partial charge in [-0.2, -0.15) is 11.3 Å². The molecule has 21 heavy (non-hydrogen) atoms. The van der Waals surface area contributed by atoms with E-state index in [-0.39, 0.29) is 11.9 Å². The zero-order valence-corrected chi connectivity index (χ0v) is 12.5. The Bertz CT molecular complexity index is 581. The van der Waals surface area contributed by atoms with Crippen molar-refractivity contribution >= 4 is 29.0 Å². The second kappa shape index (κ2) is 7.00. The summed E-state index contributed by atoms with van der Waals surface area (Å²) in [7, 11) is 3.84. The number of carbonyl (C=O) groups excluding carboxylic acids is 2. The number of likely N-dealkylation sites (N-methyl/N-ethyl adjacent to an activating group) is 1. The average molecular weight is 308 g/mol. The largest absolute Gasteiger partial charge is 0.363 e. The van der Waals surface area contributed by atoms with Gasteiger partial charge in [0.25, 0.3) is 0 Å². The Morgan fingerprint density at radius 1 is 1.38 bits per heavy atom. The first-order valence-electron chi connectivity index (χ1n) is 6.26. The molecule has 0 fully saturated rings. The maximum absolute atomic E-state index is 11.8. The van der Waals surface area contributed by atoms with Crippen molar-refractivity contribution in [3.8, 4) is 0 Å². The topological polar surface area (TPSA) is 87.5 Å². The van der Waals surface area contributed by atoms with Crippen LogP contribution in [0.4, 0.5) is 5.82 Å². The number of thiophene rings is 1. The highest BCUT2D eigenvalue weighted by Gasteiger charge is 2.19. The van der Waals surface area contributed by atoms with E-state index in [9.17, 15) is 9.59 Å². The molecule has 0 saturated carbocycles. The molecule has 8 heteroatoms. The summed E-state index contributed by atoms with van der Waals surface area (Å²) in [5.41, 5.74) is 1.10. The first-order chi connectivity index (χ1) is 10.1. The first kappa shape index (κ1) is 15.2. The lowest BCUT2D eigenvalue weighted by molar-refractivity contribution is -0.136. The number of carbonyl (C=O) groups is 2. The Morgan fingerprint density at radius 2 is 2.19 bits per heavy atom. The molecule has 112 valence electrons. The van der Waals surface area contributed by atoms with Gasteiger partial charge in [-0.05, 0) is 36.5 Å². The number of hydrogen-bond acceptors (Lipinski definition) is 6. The normalized spacial score (nSPS) is 12.1. The third-order valence-electron chi connectivity index (χ3n) is 2.89. The Balaban J connectivity index is 1.88. The summed E-state index contributed by atoms with van der Waals surface area (Å²) >= 11 is 1.59. The molecule has 2 heterocycles. The van der Waals surface area contributed by atoms with Crippen molar-refractivity contribution < 1.29 is 14.1 Å². The average Bonchev–Trinajstić information content (AvgIpc) is 3.11. The van der Waals surface area contributed by atoms with Crippen LogP contribution in [0, 0.1) is 0 Å². The summed E-state index contributed by atoms with van der Waals surface area (Å²) in [6, 6.07) is 3.47. The number of nitrogens with one attached hydrogen (secondary N) is 2. The first-order valence-corrected chi connectivity index (χ1v) is 7.20. The predicted octanol–water partition coefficient (Wildman–Crippen LogP) is 1.09. The molecular formula is C13H16N4O3S. The Morgan fingerprint density at radius 3 is 2.76 bits per heavy atom. The second-order valence-electron chi connectivity index (χ2n) is 4.58. The van der Waals surface area contributed by atoms with Gasteiger partial charge in [0.05, 0.1) is 6.04 Å². The van der Waals surface area contributed by atoms with E-state index in [1.807, 2.05) is 35.8 Å². The van der Waals surface area contributed by atoms with Crippen molar-refractivity contribution in [1.29, 1.82) is 0 Å². The molecule has 1 unspecified atom stereocenters. The molecule has 2 aromatic rings. The summed E-state index contributed by atoms with van der Waals surface area (Å²) in [5.74, 6) is -1.27. The number of anilines is 1. The number of rotatable bonds is 5. The lowest BCUT2D eigenvalue weighted by atomic mass is 10.1. The zero-order chi connectivity index (χ0) is 15.2. The minimum Gasteiger partial charge on any atom is -0.363 e. The van der Waals surface area contributed by atoms with Gasteiger partial charge in [0.1, 0.15) is 6.26 Å². The molecule has 0 aliphatic carbocycles. The summed E-state index contributed by atoms with van der Waals surface area (Å²) in [6.07, 6.45) is 1.31. The fourth-order valence-corrected chi connectivity index (χ4v) is 2.49. The van der Waals surface area contributed by atoms with Gasteiger partial charge in [-0.15, -0.1) is 0 Å². The molecule has 2 rings (SSSR count). The highest BCUT2D eigenvalue weighted by Crippen LogP contribution is 2.19. The Kier molecular flexibility index (Phi) is 5.07. The lowest BCUT2D eigenvalue weighted by Crippen LogP contribution is -2.40. The molecule has 0 aromatic carbocycles. The van der Waals surface area contributed by atoms with Gasteiger partial charge in [0, 0.05) is 12.6 Å². The van der Waals surface area contributed by atoms with Crippen molar-refractivity contribution in [2.45, 2.75) is 6.04 Å². The highest BCUT2D eigenvalue weighted by molar-refractivity contribution is 7.07. The molecule has 2 N–H and O–H groups in total. The van der Waals surface area contributed by atoms with Crippen LogP contribution in [0.25, 0.3) is 0 Å². The van der Waals surface area contributed by atoms with Crippen molar-refractivity contribution in [1.82, 2.24) is 15.4 Å². The molecule has 0 aliphatic heterocycles. The summed E-state index contributed by atoms with van der Waals surface area (Å²) in [6.45, 7) is 0.342. The predicted molar refractivity (Wildman–Crippen MR) is 78.9 cm³/mol. The SMILES string of the molecule is CN(C)C(CNC(=O)C(=O)Nc1ccon1)c1ccsc1. The third kappa shape index (κ3) is 4.14. The van der Waals surface area contributed by atoms with Crippen LogP contribution >= 0.6 is 11.3 Å². The standard InChI is InChI=1S/C13H16N4O3S/c1-17(2)10(9-4-6-21-8-9)7-14-12(18)13(19)15-11-3-5-20-16-11/h3-6,8,10H,7H2,1-2H3,(H,14,18)(H,15,16,19). The van der Waals surface area contributed by atoms with E-state index in [1.54, 1.807) is 11.3 Å². The molecule has 0 saturated heterocycles. The summed E-state index contributed by atoms with van der Waals surface area (Å²) in [4.78, 5) is 25.4. The van der Waals surface area contributed by atoms with Crippen LogP contribution in [0.15, 0.2) is 33.7 Å². The Labute approximate surface area is 125 Å². The molecular weight excluding hydrogens is 292 g/mol. The summed E-state index contributed by atoms with van der Waals surface area (Å²) < 4.78 is 4.57. The van der Waals surface area contributed by atoms with Crippen molar-refractivity contribution in [2.75, 3.05) is 26.0 Å². The van der Waals surface area contributed by atoms with Gasteiger partial charge in [-0.3, -0.25) is 14.9 Å². The van der Waals surface area contributed by atoms with Crippen LogP contribution in [-0.2, 0) is 9.59 Å². The number of amides is 2. The Hall–Kier alpha value is -2.19. The molecule has 2 aromatic heterocycles. The van der Waals surface area contributed by atoms with E-state index in [4.69, 9.17) is 0 Å². The molecule has 2 amide bonds. The van der Waals surface area contributed by atoms with E-state index in [0.29, 0.717) is 6.54 Å². The molecule has 1 atom stereocenters. The minimum atomic E-state index is -0.772. The van der Waals surface area contributed by atoms with Gasteiger partial charge in [0.15, 0.2) is 5.82 Å². The fourth-order valence-electron chi connectivity index (χ4n) is 1.78. The third-order valence-corrected chi connectivity index (χ3v) is 3.59. The minimum absolute atomic E-state index is 0.0139. The van der Waals surface area contributed by atoms with Crippen LogP contribution in [0.1, 0.15) is 11.6 Å². The van der Waals surface area contributed by atoms with Gasteiger partial charge < -0.3 is 14.7 Å². The maximum atomic E-state index is 11.8. The second-order valence-corrected chi connectivity index (χ2v) is 5.36. The van der Waals surface area contributed by atoms with Crippen LogP contribution in [0.2, 0.25) is 0 Å². The molecule has 7 nitrogen and oxygen atoms in total. The van der Waals surface area contributed by atoms with Crippen LogP contribution in [0.3, 0.4) is 0 Å². The van der Waals surface area contributed by atoms with E-state index in [1.165, 1.54) is 12.3 Å². The smallest absolute Gasteiger partial charge is 0.314 e. The van der Waals surface area contributed by atoms with Gasteiger partial charge in [0.2, 0.25) is 0 Å². The van der Waals surface area contributed by atoms with Gasteiger partial charge >= 0.3 is 11.8 Å². The van der Waals surface area contributed by atoms with Crippen LogP contribution < -0.4 is 10.6 Å². The zero-order valence-electron chi connectivity index (χ0n) is 11.7. The van der Waals surface area contributed by atoms with E-state index in [0.717, 1.165) is 5.56 Å². The van der Waals surface area contributed by atoms with Crippen LogP contribution in [-0.4, -0.2) is 42.5 Å². The lowest BCUT2D eigenvalue weighted by Gasteiger charge is -2.23. The van der Waals surface area contributed by atoms with E-state index < -0.39 is 11.8 Å². The summed E-state index contributed by atoms with van der Waals surface area (Å²) in [5, 5.41) is 12.5. The molecule has 0 spiro atoms. The fraction of sp³-hybridized carbons (Fsp3) is 0.308. The quantitative estimate of drug-likeness (QED) is 0.808. The molecule has 0 radical (unpaired) electrons. The maximum Gasteiger partial charge on any atom is 0.314 e. The molecule has 0 bridgehead atoms.